The van der Waals surface area contributed by atoms with Gasteiger partial charge in [-0.2, -0.15) is 0 Å². The molecule has 0 spiro atoms. The Balaban J connectivity index is 2.61. The third kappa shape index (κ3) is 1.93. The third-order valence-corrected chi connectivity index (χ3v) is 3.31. The highest BCUT2D eigenvalue weighted by atomic mass is 127. The summed E-state index contributed by atoms with van der Waals surface area (Å²) < 4.78 is 1.22. The van der Waals surface area contributed by atoms with E-state index in [0.29, 0.717) is 0 Å². The standard InChI is InChI=1S/C12H8ClI/c13-11-7-3-1-5-9(11)10-6-2-4-8-12(10)14/h1-8H. The van der Waals surface area contributed by atoms with Gasteiger partial charge in [-0.05, 0) is 40.3 Å². The van der Waals surface area contributed by atoms with Gasteiger partial charge in [0.05, 0.1) is 0 Å². The van der Waals surface area contributed by atoms with Gasteiger partial charge in [-0.25, -0.2) is 0 Å². The second-order valence-corrected chi connectivity index (χ2v) is 4.53. The molecule has 0 heterocycles. The summed E-state index contributed by atoms with van der Waals surface area (Å²) in [6, 6.07) is 16.1. The highest BCUT2D eigenvalue weighted by Crippen LogP contribution is 2.30. The lowest BCUT2D eigenvalue weighted by Crippen LogP contribution is -1.82. The second-order valence-electron chi connectivity index (χ2n) is 2.96. The molecule has 2 heteroatoms. The van der Waals surface area contributed by atoms with Crippen LogP contribution in [-0.2, 0) is 0 Å². The average Bonchev–Trinajstić information content (AvgIpc) is 2.20. The zero-order chi connectivity index (χ0) is 9.97. The normalized spacial score (nSPS) is 10.1. The Labute approximate surface area is 102 Å². The van der Waals surface area contributed by atoms with Crippen LogP contribution >= 0.6 is 34.2 Å². The van der Waals surface area contributed by atoms with Crippen molar-refractivity contribution in [2.24, 2.45) is 0 Å². The molecule has 0 amide bonds. The molecule has 2 aromatic carbocycles. The minimum absolute atomic E-state index is 0.802. The van der Waals surface area contributed by atoms with Crippen molar-refractivity contribution in [3.8, 4) is 11.1 Å². The molecule has 0 N–H and O–H groups in total. The summed E-state index contributed by atoms with van der Waals surface area (Å²) in [5.74, 6) is 0. The van der Waals surface area contributed by atoms with Crippen LogP contribution in [0.25, 0.3) is 11.1 Å². The van der Waals surface area contributed by atoms with E-state index in [1.165, 1.54) is 9.13 Å². The van der Waals surface area contributed by atoms with Crippen LogP contribution < -0.4 is 0 Å². The van der Waals surface area contributed by atoms with Crippen molar-refractivity contribution in [3.05, 3.63) is 57.1 Å². The van der Waals surface area contributed by atoms with Gasteiger partial charge in [-0.15, -0.1) is 0 Å². The number of hydrogen-bond acceptors (Lipinski definition) is 0. The molecule has 0 atom stereocenters. The van der Waals surface area contributed by atoms with Crippen LogP contribution in [-0.4, -0.2) is 0 Å². The van der Waals surface area contributed by atoms with Gasteiger partial charge in [-0.1, -0.05) is 48.0 Å². The van der Waals surface area contributed by atoms with E-state index in [1.807, 2.05) is 36.4 Å². The Bertz CT molecular complexity index is 408. The summed E-state index contributed by atoms with van der Waals surface area (Å²) in [7, 11) is 0. The molecule has 0 saturated heterocycles. The topological polar surface area (TPSA) is 0 Å². The Hall–Kier alpha value is -0.540. The molecule has 0 saturated carbocycles. The number of halogens is 2. The Morgan fingerprint density at radius 3 is 2.00 bits per heavy atom. The van der Waals surface area contributed by atoms with Crippen LogP contribution in [0.5, 0.6) is 0 Å². The molecule has 0 bridgehead atoms. The molecule has 0 aliphatic rings. The molecule has 0 fully saturated rings. The molecule has 0 aromatic heterocycles. The summed E-state index contributed by atoms with van der Waals surface area (Å²) in [6.45, 7) is 0. The van der Waals surface area contributed by atoms with Gasteiger partial charge < -0.3 is 0 Å². The Morgan fingerprint density at radius 2 is 1.36 bits per heavy atom. The van der Waals surface area contributed by atoms with Gasteiger partial charge in [0.1, 0.15) is 0 Å². The van der Waals surface area contributed by atoms with E-state index in [-0.39, 0.29) is 0 Å². The molecule has 14 heavy (non-hydrogen) atoms. The van der Waals surface area contributed by atoms with E-state index >= 15 is 0 Å². The number of rotatable bonds is 1. The first-order valence-corrected chi connectivity index (χ1v) is 5.74. The van der Waals surface area contributed by atoms with Gasteiger partial charge in [0.2, 0.25) is 0 Å². The van der Waals surface area contributed by atoms with Crippen molar-refractivity contribution in [2.75, 3.05) is 0 Å². The first-order valence-electron chi connectivity index (χ1n) is 4.28. The summed E-state index contributed by atoms with van der Waals surface area (Å²) in [4.78, 5) is 0. The summed E-state index contributed by atoms with van der Waals surface area (Å²) in [5, 5.41) is 0.802. The van der Waals surface area contributed by atoms with E-state index in [1.54, 1.807) is 0 Å². The van der Waals surface area contributed by atoms with Gasteiger partial charge in [0, 0.05) is 14.2 Å². The fourth-order valence-electron chi connectivity index (χ4n) is 1.36. The Kier molecular flexibility index (Phi) is 3.08. The maximum atomic E-state index is 6.13. The van der Waals surface area contributed by atoms with Crippen molar-refractivity contribution in [2.45, 2.75) is 0 Å². The van der Waals surface area contributed by atoms with Crippen LogP contribution in [0.1, 0.15) is 0 Å². The maximum Gasteiger partial charge on any atom is 0.0484 e. The lowest BCUT2D eigenvalue weighted by Gasteiger charge is -2.05. The van der Waals surface area contributed by atoms with Crippen molar-refractivity contribution in [3.63, 3.8) is 0 Å². The molecule has 0 aliphatic heterocycles. The molecule has 0 aliphatic carbocycles. The highest BCUT2D eigenvalue weighted by Gasteiger charge is 2.04. The fraction of sp³-hybridized carbons (Fsp3) is 0. The quantitative estimate of drug-likeness (QED) is 0.674. The first kappa shape index (κ1) is 9.99. The zero-order valence-electron chi connectivity index (χ0n) is 7.37. The smallest absolute Gasteiger partial charge is 0.0484 e. The number of benzene rings is 2. The zero-order valence-corrected chi connectivity index (χ0v) is 10.3. The average molecular weight is 315 g/mol. The predicted molar refractivity (Wildman–Crippen MR) is 69.6 cm³/mol. The SMILES string of the molecule is Clc1ccccc1-c1ccccc1I. The molecule has 2 aromatic rings. The second kappa shape index (κ2) is 4.32. The van der Waals surface area contributed by atoms with E-state index in [9.17, 15) is 0 Å². The monoisotopic (exact) mass is 314 g/mol. The van der Waals surface area contributed by atoms with Gasteiger partial charge in [0.15, 0.2) is 0 Å². The van der Waals surface area contributed by atoms with E-state index < -0.39 is 0 Å². The van der Waals surface area contributed by atoms with Gasteiger partial charge >= 0.3 is 0 Å². The minimum atomic E-state index is 0.802. The Morgan fingerprint density at radius 1 is 0.786 bits per heavy atom. The first-order chi connectivity index (χ1) is 6.79. The van der Waals surface area contributed by atoms with Crippen LogP contribution in [0.15, 0.2) is 48.5 Å². The lowest BCUT2D eigenvalue weighted by atomic mass is 10.1. The minimum Gasteiger partial charge on any atom is -0.0837 e. The fourth-order valence-corrected chi connectivity index (χ4v) is 2.27. The third-order valence-electron chi connectivity index (χ3n) is 2.04. The van der Waals surface area contributed by atoms with Crippen molar-refractivity contribution >= 4 is 34.2 Å². The summed E-state index contributed by atoms with van der Waals surface area (Å²) in [5.41, 5.74) is 2.29. The molecule has 0 unspecified atom stereocenters. The predicted octanol–water partition coefficient (Wildman–Crippen LogP) is 4.61. The van der Waals surface area contributed by atoms with Crippen LogP contribution in [0.2, 0.25) is 5.02 Å². The largest absolute Gasteiger partial charge is 0.0837 e. The van der Waals surface area contributed by atoms with E-state index in [4.69, 9.17) is 11.6 Å². The van der Waals surface area contributed by atoms with Gasteiger partial charge in [0.25, 0.3) is 0 Å². The molecule has 70 valence electrons. The molecular weight excluding hydrogens is 306 g/mol. The summed E-state index contributed by atoms with van der Waals surface area (Å²) >= 11 is 8.45. The van der Waals surface area contributed by atoms with E-state index in [2.05, 4.69) is 34.7 Å². The highest BCUT2D eigenvalue weighted by molar-refractivity contribution is 14.1. The molecule has 0 radical (unpaired) electrons. The molecular formula is C12H8ClI. The van der Waals surface area contributed by atoms with Crippen LogP contribution in [0, 0.1) is 3.57 Å². The molecule has 2 rings (SSSR count). The van der Waals surface area contributed by atoms with E-state index in [0.717, 1.165) is 10.6 Å². The number of hydrogen-bond donors (Lipinski definition) is 0. The van der Waals surface area contributed by atoms with Gasteiger partial charge in [-0.3, -0.25) is 0 Å². The van der Waals surface area contributed by atoms with Crippen molar-refractivity contribution in [1.29, 1.82) is 0 Å². The van der Waals surface area contributed by atoms with Crippen molar-refractivity contribution < 1.29 is 0 Å². The van der Waals surface area contributed by atoms with Crippen molar-refractivity contribution in [1.82, 2.24) is 0 Å². The lowest BCUT2D eigenvalue weighted by molar-refractivity contribution is 1.58. The summed E-state index contributed by atoms with van der Waals surface area (Å²) in [6.07, 6.45) is 0. The molecule has 0 nitrogen and oxygen atoms in total. The van der Waals surface area contributed by atoms with Crippen LogP contribution in [0.4, 0.5) is 0 Å². The van der Waals surface area contributed by atoms with Crippen LogP contribution in [0.3, 0.4) is 0 Å². The maximum absolute atomic E-state index is 6.13.